The van der Waals surface area contributed by atoms with Crippen LogP contribution < -0.4 is 4.74 Å². The lowest BCUT2D eigenvalue weighted by molar-refractivity contribution is -0.129. The van der Waals surface area contributed by atoms with Crippen LogP contribution in [0.15, 0.2) is 30.5 Å². The van der Waals surface area contributed by atoms with E-state index in [1.54, 1.807) is 19.0 Å². The first-order chi connectivity index (χ1) is 9.11. The topological polar surface area (TPSA) is 34.5 Å². The smallest absolute Gasteiger partial charge is 0.241 e. The summed E-state index contributed by atoms with van der Waals surface area (Å²) in [5.74, 6) is 0.967. The molecule has 0 unspecified atom stereocenters. The number of carbonyl (C=O) groups excluding carboxylic acids is 1. The summed E-state index contributed by atoms with van der Waals surface area (Å²) in [5, 5.41) is 1.10. The highest BCUT2D eigenvalue weighted by Crippen LogP contribution is 2.22. The zero-order chi connectivity index (χ0) is 13.8. The van der Waals surface area contributed by atoms with Gasteiger partial charge in [0.25, 0.3) is 0 Å². The van der Waals surface area contributed by atoms with Gasteiger partial charge in [0, 0.05) is 31.2 Å². The molecule has 0 spiro atoms. The van der Waals surface area contributed by atoms with Crippen LogP contribution in [-0.2, 0) is 11.3 Å². The zero-order valence-corrected chi connectivity index (χ0v) is 11.7. The molecule has 19 heavy (non-hydrogen) atoms. The standard InChI is InChI=1S/C15H20N2O2/c1-4-9-19-13-5-6-14-12(10-13)7-8-17(14)11-15(18)16(2)3/h5-8,10H,4,9,11H2,1-3H3. The molecule has 4 nitrogen and oxygen atoms in total. The van der Waals surface area contributed by atoms with Crippen molar-refractivity contribution in [3.63, 3.8) is 0 Å². The third-order valence-corrected chi connectivity index (χ3v) is 3.02. The predicted molar refractivity (Wildman–Crippen MR) is 76.4 cm³/mol. The molecule has 0 aliphatic carbocycles. The summed E-state index contributed by atoms with van der Waals surface area (Å²) >= 11 is 0. The van der Waals surface area contributed by atoms with Gasteiger partial charge in [-0.15, -0.1) is 0 Å². The summed E-state index contributed by atoms with van der Waals surface area (Å²) in [6, 6.07) is 7.98. The molecule has 0 N–H and O–H groups in total. The molecule has 1 aromatic carbocycles. The number of aromatic nitrogens is 1. The highest BCUT2D eigenvalue weighted by molar-refractivity contribution is 5.84. The summed E-state index contributed by atoms with van der Waals surface area (Å²) in [4.78, 5) is 13.3. The van der Waals surface area contributed by atoms with Gasteiger partial charge in [0.2, 0.25) is 5.91 Å². The van der Waals surface area contributed by atoms with Crippen molar-refractivity contribution in [3.05, 3.63) is 30.5 Å². The normalized spacial score (nSPS) is 10.7. The van der Waals surface area contributed by atoms with E-state index in [9.17, 15) is 4.79 Å². The number of carbonyl (C=O) groups is 1. The van der Waals surface area contributed by atoms with E-state index in [1.165, 1.54) is 0 Å². The van der Waals surface area contributed by atoms with Gasteiger partial charge in [-0.3, -0.25) is 4.79 Å². The highest BCUT2D eigenvalue weighted by Gasteiger charge is 2.08. The van der Waals surface area contributed by atoms with Gasteiger partial charge in [-0.05, 0) is 30.7 Å². The third kappa shape index (κ3) is 3.08. The average molecular weight is 260 g/mol. The molecular formula is C15H20N2O2. The second kappa shape index (κ2) is 5.78. The van der Waals surface area contributed by atoms with E-state index >= 15 is 0 Å². The number of fused-ring (bicyclic) bond motifs is 1. The summed E-state index contributed by atoms with van der Waals surface area (Å²) in [6.45, 7) is 3.18. The molecule has 0 atom stereocenters. The van der Waals surface area contributed by atoms with Gasteiger partial charge >= 0.3 is 0 Å². The molecule has 0 saturated carbocycles. The van der Waals surface area contributed by atoms with Crippen LogP contribution in [0.3, 0.4) is 0 Å². The molecule has 102 valence electrons. The summed E-state index contributed by atoms with van der Waals surface area (Å²) in [5.41, 5.74) is 1.05. The lowest BCUT2D eigenvalue weighted by Gasteiger charge is -2.12. The minimum Gasteiger partial charge on any atom is -0.494 e. The molecule has 0 aliphatic heterocycles. The first-order valence-electron chi connectivity index (χ1n) is 6.53. The molecular weight excluding hydrogens is 240 g/mol. The Morgan fingerprint density at radius 2 is 2.11 bits per heavy atom. The fourth-order valence-corrected chi connectivity index (χ4v) is 1.91. The number of benzene rings is 1. The molecule has 4 heteroatoms. The van der Waals surface area contributed by atoms with E-state index in [4.69, 9.17) is 4.74 Å². The van der Waals surface area contributed by atoms with E-state index in [1.807, 2.05) is 35.0 Å². The maximum absolute atomic E-state index is 11.7. The number of rotatable bonds is 5. The minimum absolute atomic E-state index is 0.0869. The largest absolute Gasteiger partial charge is 0.494 e. The number of nitrogens with zero attached hydrogens (tertiary/aromatic N) is 2. The molecule has 2 rings (SSSR count). The van der Waals surface area contributed by atoms with Gasteiger partial charge in [0.15, 0.2) is 0 Å². The van der Waals surface area contributed by atoms with E-state index in [2.05, 4.69) is 6.92 Å². The third-order valence-electron chi connectivity index (χ3n) is 3.02. The molecule has 1 aromatic heterocycles. The van der Waals surface area contributed by atoms with Gasteiger partial charge in [-0.25, -0.2) is 0 Å². The van der Waals surface area contributed by atoms with Crippen LogP contribution in [0.4, 0.5) is 0 Å². The molecule has 0 radical (unpaired) electrons. The van der Waals surface area contributed by atoms with Crippen molar-refractivity contribution in [2.45, 2.75) is 19.9 Å². The minimum atomic E-state index is 0.0869. The first kappa shape index (κ1) is 13.5. The number of hydrogen-bond acceptors (Lipinski definition) is 2. The zero-order valence-electron chi connectivity index (χ0n) is 11.7. The van der Waals surface area contributed by atoms with Crippen molar-refractivity contribution in [1.82, 2.24) is 9.47 Å². The number of hydrogen-bond donors (Lipinski definition) is 0. The van der Waals surface area contributed by atoms with Crippen LogP contribution >= 0.6 is 0 Å². The van der Waals surface area contributed by atoms with Crippen molar-refractivity contribution in [1.29, 1.82) is 0 Å². The summed E-state index contributed by atoms with van der Waals surface area (Å²) < 4.78 is 7.57. The number of ether oxygens (including phenoxy) is 1. The lowest BCUT2D eigenvalue weighted by Crippen LogP contribution is -2.25. The van der Waals surface area contributed by atoms with Crippen molar-refractivity contribution in [2.24, 2.45) is 0 Å². The predicted octanol–water partition coefficient (Wildman–Crippen LogP) is 2.52. The molecule has 2 aromatic rings. The SMILES string of the molecule is CCCOc1ccc2c(ccn2CC(=O)N(C)C)c1. The Balaban J connectivity index is 2.21. The van der Waals surface area contributed by atoms with Crippen LogP contribution in [0.5, 0.6) is 5.75 Å². The second-order valence-electron chi connectivity index (χ2n) is 4.80. The quantitative estimate of drug-likeness (QED) is 0.828. The highest BCUT2D eigenvalue weighted by atomic mass is 16.5. The molecule has 0 aliphatic rings. The fourth-order valence-electron chi connectivity index (χ4n) is 1.91. The second-order valence-corrected chi connectivity index (χ2v) is 4.80. The van der Waals surface area contributed by atoms with Gasteiger partial charge < -0.3 is 14.2 Å². The maximum atomic E-state index is 11.7. The first-order valence-corrected chi connectivity index (χ1v) is 6.53. The van der Waals surface area contributed by atoms with Crippen LogP contribution in [-0.4, -0.2) is 36.1 Å². The van der Waals surface area contributed by atoms with Gasteiger partial charge in [0.1, 0.15) is 12.3 Å². The molecule has 0 saturated heterocycles. The number of likely N-dealkylation sites (N-methyl/N-ethyl adjacent to an activating group) is 1. The Morgan fingerprint density at radius 1 is 1.32 bits per heavy atom. The molecule has 1 amide bonds. The summed E-state index contributed by atoms with van der Waals surface area (Å²) in [7, 11) is 3.54. The van der Waals surface area contributed by atoms with Crippen molar-refractivity contribution >= 4 is 16.8 Å². The lowest BCUT2D eigenvalue weighted by atomic mass is 10.2. The Hall–Kier alpha value is -1.97. The molecule has 0 bridgehead atoms. The van der Waals surface area contributed by atoms with Crippen molar-refractivity contribution in [2.75, 3.05) is 20.7 Å². The number of amides is 1. The van der Waals surface area contributed by atoms with Gasteiger partial charge in [0.05, 0.1) is 6.61 Å². The van der Waals surface area contributed by atoms with Crippen molar-refractivity contribution < 1.29 is 9.53 Å². The maximum Gasteiger partial charge on any atom is 0.241 e. The van der Waals surface area contributed by atoms with E-state index in [0.717, 1.165) is 29.7 Å². The monoisotopic (exact) mass is 260 g/mol. The average Bonchev–Trinajstić information content (AvgIpc) is 2.78. The van der Waals surface area contributed by atoms with Gasteiger partial charge in [-0.2, -0.15) is 0 Å². The Labute approximate surface area is 113 Å². The van der Waals surface area contributed by atoms with Crippen LogP contribution in [0.25, 0.3) is 10.9 Å². The van der Waals surface area contributed by atoms with Crippen molar-refractivity contribution in [3.8, 4) is 5.75 Å². The molecule has 0 fully saturated rings. The van der Waals surface area contributed by atoms with Crippen LogP contribution in [0.2, 0.25) is 0 Å². The van der Waals surface area contributed by atoms with Crippen LogP contribution in [0.1, 0.15) is 13.3 Å². The molecule has 1 heterocycles. The van der Waals surface area contributed by atoms with E-state index < -0.39 is 0 Å². The van der Waals surface area contributed by atoms with Crippen LogP contribution in [0, 0.1) is 0 Å². The Kier molecular flexibility index (Phi) is 4.10. The Bertz CT molecular complexity index is 573. The fraction of sp³-hybridized carbons (Fsp3) is 0.400. The van der Waals surface area contributed by atoms with E-state index in [0.29, 0.717) is 6.54 Å². The van der Waals surface area contributed by atoms with Gasteiger partial charge in [-0.1, -0.05) is 6.92 Å². The Morgan fingerprint density at radius 3 is 2.79 bits per heavy atom. The van der Waals surface area contributed by atoms with E-state index in [-0.39, 0.29) is 5.91 Å². The summed E-state index contributed by atoms with van der Waals surface area (Å²) in [6.07, 6.45) is 2.94.